The number of methoxy groups -OCH3 is 1. The fourth-order valence-electron chi connectivity index (χ4n) is 1.13. The van der Waals surface area contributed by atoms with Crippen molar-refractivity contribution in [2.75, 3.05) is 7.11 Å². The number of hydrogen-bond acceptors (Lipinski definition) is 5. The molecule has 0 aromatic carbocycles. The zero-order valence-corrected chi connectivity index (χ0v) is 8.56. The van der Waals surface area contributed by atoms with Gasteiger partial charge >= 0.3 is 6.01 Å². The first-order valence-corrected chi connectivity index (χ1v) is 4.37. The molecule has 5 nitrogen and oxygen atoms in total. The Bertz CT molecular complexity index is 315. The largest absolute Gasteiger partial charge is 0.467 e. The summed E-state index contributed by atoms with van der Waals surface area (Å²) < 4.78 is 4.86. The van der Waals surface area contributed by atoms with Crippen molar-refractivity contribution in [2.45, 2.75) is 26.0 Å². The lowest BCUT2D eigenvalue weighted by molar-refractivity contribution is 0.151. The lowest BCUT2D eigenvalue weighted by atomic mass is 10.1. The Kier molecular flexibility index (Phi) is 3.38. The highest BCUT2D eigenvalue weighted by Crippen LogP contribution is 2.18. The average molecular weight is 197 g/mol. The van der Waals surface area contributed by atoms with Crippen LogP contribution in [0.3, 0.4) is 0 Å². The normalized spacial score (nSPS) is 14.9. The molecule has 0 aliphatic rings. The molecular weight excluding hydrogens is 182 g/mol. The van der Waals surface area contributed by atoms with Crippen LogP contribution in [0.25, 0.3) is 0 Å². The summed E-state index contributed by atoms with van der Waals surface area (Å²) in [5, 5.41) is 9.70. The van der Waals surface area contributed by atoms with Gasteiger partial charge in [-0.2, -0.15) is 0 Å². The summed E-state index contributed by atoms with van der Waals surface area (Å²) in [5.74, 6) is 0. The first-order valence-electron chi connectivity index (χ1n) is 4.37. The number of aromatic nitrogens is 2. The number of nitrogens with two attached hydrogens (primary N) is 1. The van der Waals surface area contributed by atoms with Crippen LogP contribution in [0.5, 0.6) is 6.01 Å². The predicted molar refractivity (Wildman–Crippen MR) is 51.9 cm³/mol. The van der Waals surface area contributed by atoms with Crippen molar-refractivity contribution in [1.29, 1.82) is 0 Å². The van der Waals surface area contributed by atoms with Gasteiger partial charge in [-0.15, -0.1) is 0 Å². The van der Waals surface area contributed by atoms with Gasteiger partial charge in [0.1, 0.15) is 0 Å². The predicted octanol–water partition coefficient (Wildman–Crippen LogP) is 0.174. The molecular formula is C9H15N3O2. The lowest BCUT2D eigenvalue weighted by Gasteiger charge is -2.16. The minimum atomic E-state index is -0.735. The summed E-state index contributed by atoms with van der Waals surface area (Å²) >= 11 is 0. The van der Waals surface area contributed by atoms with E-state index < -0.39 is 6.10 Å². The van der Waals surface area contributed by atoms with Crippen LogP contribution in [-0.2, 0) is 0 Å². The van der Waals surface area contributed by atoms with E-state index in [0.717, 1.165) is 0 Å². The fourth-order valence-corrected chi connectivity index (χ4v) is 1.13. The molecule has 5 heteroatoms. The minimum absolute atomic E-state index is 0.295. The van der Waals surface area contributed by atoms with Crippen molar-refractivity contribution in [1.82, 2.24) is 9.97 Å². The van der Waals surface area contributed by atoms with Crippen molar-refractivity contribution in [3.05, 3.63) is 17.5 Å². The third-order valence-corrected chi connectivity index (χ3v) is 1.99. The van der Waals surface area contributed by atoms with E-state index in [9.17, 15) is 5.11 Å². The Balaban J connectivity index is 2.99. The van der Waals surface area contributed by atoms with Gasteiger partial charge in [0.25, 0.3) is 0 Å². The lowest BCUT2D eigenvalue weighted by Crippen LogP contribution is -2.25. The Morgan fingerprint density at radius 2 is 2.21 bits per heavy atom. The van der Waals surface area contributed by atoms with Gasteiger partial charge in [-0.1, -0.05) is 0 Å². The molecule has 2 unspecified atom stereocenters. The highest BCUT2D eigenvalue weighted by atomic mass is 16.5. The van der Waals surface area contributed by atoms with Crippen LogP contribution in [0.15, 0.2) is 6.20 Å². The molecule has 0 aliphatic heterocycles. The molecule has 14 heavy (non-hydrogen) atoms. The summed E-state index contributed by atoms with van der Waals surface area (Å²) in [6.07, 6.45) is 0.802. The Labute approximate surface area is 82.9 Å². The number of aryl methyl sites for hydroxylation is 1. The quantitative estimate of drug-likeness (QED) is 0.722. The van der Waals surface area contributed by atoms with Gasteiger partial charge in [0.05, 0.1) is 18.9 Å². The molecule has 1 heterocycles. The van der Waals surface area contributed by atoms with Crippen molar-refractivity contribution in [3.63, 3.8) is 0 Å². The Morgan fingerprint density at radius 3 is 2.64 bits per heavy atom. The number of rotatable bonds is 3. The fraction of sp³-hybridized carbons (Fsp3) is 0.556. The molecule has 1 rings (SSSR count). The van der Waals surface area contributed by atoms with E-state index in [0.29, 0.717) is 17.3 Å². The zero-order valence-electron chi connectivity index (χ0n) is 8.56. The van der Waals surface area contributed by atoms with Crippen LogP contribution < -0.4 is 10.5 Å². The van der Waals surface area contributed by atoms with E-state index in [-0.39, 0.29) is 6.04 Å². The summed E-state index contributed by atoms with van der Waals surface area (Å²) in [6, 6.07) is -0.0474. The van der Waals surface area contributed by atoms with Crippen LogP contribution in [0.1, 0.15) is 24.3 Å². The third kappa shape index (κ3) is 2.18. The smallest absolute Gasteiger partial charge is 0.316 e. The molecule has 0 saturated heterocycles. The minimum Gasteiger partial charge on any atom is -0.467 e. The van der Waals surface area contributed by atoms with E-state index in [1.54, 1.807) is 13.8 Å². The van der Waals surface area contributed by atoms with Crippen molar-refractivity contribution in [2.24, 2.45) is 5.73 Å². The summed E-state index contributed by atoms with van der Waals surface area (Å²) in [4.78, 5) is 7.96. The number of ether oxygens (including phenoxy) is 1. The van der Waals surface area contributed by atoms with Crippen LogP contribution in [0.2, 0.25) is 0 Å². The standard InChI is InChI=1S/C9H15N3O2/c1-5(10)8(13)7-4-11-9(14-3)12-6(7)2/h4-5,8,13H,10H2,1-3H3. The summed E-state index contributed by atoms with van der Waals surface area (Å²) in [5.41, 5.74) is 6.89. The number of nitrogens with zero attached hydrogens (tertiary/aromatic N) is 2. The number of aliphatic hydroxyl groups excluding tert-OH is 1. The van der Waals surface area contributed by atoms with Gasteiger partial charge in [0.15, 0.2) is 0 Å². The molecule has 1 aromatic heterocycles. The second kappa shape index (κ2) is 4.34. The van der Waals surface area contributed by atoms with Gasteiger partial charge < -0.3 is 15.6 Å². The third-order valence-electron chi connectivity index (χ3n) is 1.99. The number of hydrogen-bond donors (Lipinski definition) is 2. The van der Waals surface area contributed by atoms with Crippen LogP contribution in [0, 0.1) is 6.92 Å². The van der Waals surface area contributed by atoms with Gasteiger partial charge in [-0.25, -0.2) is 9.97 Å². The summed E-state index contributed by atoms with van der Waals surface area (Å²) in [6.45, 7) is 3.51. The molecule has 0 amide bonds. The van der Waals surface area contributed by atoms with E-state index >= 15 is 0 Å². The van der Waals surface area contributed by atoms with Crippen LogP contribution >= 0.6 is 0 Å². The van der Waals surface area contributed by atoms with E-state index in [1.165, 1.54) is 13.3 Å². The molecule has 3 N–H and O–H groups in total. The highest BCUT2D eigenvalue weighted by Gasteiger charge is 2.16. The van der Waals surface area contributed by atoms with Gasteiger partial charge in [0, 0.05) is 17.8 Å². The average Bonchev–Trinajstić information content (AvgIpc) is 2.16. The maximum Gasteiger partial charge on any atom is 0.316 e. The molecule has 0 saturated carbocycles. The van der Waals surface area contributed by atoms with Crippen LogP contribution in [0.4, 0.5) is 0 Å². The SMILES string of the molecule is COc1ncc(C(O)C(C)N)c(C)n1. The Morgan fingerprint density at radius 1 is 1.57 bits per heavy atom. The van der Waals surface area contributed by atoms with Crippen molar-refractivity contribution in [3.8, 4) is 6.01 Å². The van der Waals surface area contributed by atoms with E-state index in [1.807, 2.05) is 0 Å². The highest BCUT2D eigenvalue weighted by molar-refractivity contribution is 5.21. The topological polar surface area (TPSA) is 81.3 Å². The van der Waals surface area contributed by atoms with Crippen molar-refractivity contribution < 1.29 is 9.84 Å². The number of aliphatic hydroxyl groups is 1. The molecule has 78 valence electrons. The molecule has 0 fully saturated rings. The Hall–Kier alpha value is -1.20. The van der Waals surface area contributed by atoms with E-state index in [2.05, 4.69) is 9.97 Å². The molecule has 0 bridgehead atoms. The first kappa shape index (κ1) is 10.9. The van der Waals surface area contributed by atoms with Crippen LogP contribution in [-0.4, -0.2) is 28.2 Å². The second-order valence-electron chi connectivity index (χ2n) is 3.20. The zero-order chi connectivity index (χ0) is 10.7. The first-order chi connectivity index (χ1) is 6.56. The van der Waals surface area contributed by atoms with Gasteiger partial charge in [-0.05, 0) is 13.8 Å². The molecule has 0 spiro atoms. The van der Waals surface area contributed by atoms with E-state index in [4.69, 9.17) is 10.5 Å². The molecule has 0 aliphatic carbocycles. The summed E-state index contributed by atoms with van der Waals surface area (Å²) in [7, 11) is 1.50. The molecule has 2 atom stereocenters. The molecule has 1 aromatic rings. The van der Waals surface area contributed by atoms with Crippen molar-refractivity contribution >= 4 is 0 Å². The molecule has 0 radical (unpaired) electrons. The second-order valence-corrected chi connectivity index (χ2v) is 3.20. The van der Waals surface area contributed by atoms with Gasteiger partial charge in [0.2, 0.25) is 0 Å². The van der Waals surface area contributed by atoms with Gasteiger partial charge in [-0.3, -0.25) is 0 Å². The maximum atomic E-state index is 9.70. The monoisotopic (exact) mass is 197 g/mol. The maximum absolute atomic E-state index is 9.70.